The second-order valence-electron chi connectivity index (χ2n) is 7.88. The topological polar surface area (TPSA) is 31.9 Å². The molecule has 0 spiro atoms. The maximum atomic E-state index is 5.00. The molecule has 128 valence electrons. The first-order chi connectivity index (χ1) is 12.2. The molecule has 2 aliphatic rings. The zero-order valence-corrected chi connectivity index (χ0v) is 14.9. The molecule has 1 unspecified atom stereocenters. The first-order valence-corrected chi connectivity index (χ1v) is 9.44. The Kier molecular flexibility index (Phi) is 3.46. The van der Waals surface area contributed by atoms with Crippen LogP contribution in [0.2, 0.25) is 0 Å². The summed E-state index contributed by atoms with van der Waals surface area (Å²) in [6.45, 7) is 2.17. The fourth-order valence-electron chi connectivity index (χ4n) is 5.13. The Labute approximate surface area is 149 Å². The molecule has 0 saturated carbocycles. The Morgan fingerprint density at radius 3 is 2.64 bits per heavy atom. The van der Waals surface area contributed by atoms with Gasteiger partial charge < -0.3 is 4.98 Å². The van der Waals surface area contributed by atoms with Gasteiger partial charge in [-0.15, -0.1) is 0 Å². The lowest BCUT2D eigenvalue weighted by Crippen LogP contribution is -2.44. The van der Waals surface area contributed by atoms with Crippen LogP contribution in [0.1, 0.15) is 48.0 Å². The van der Waals surface area contributed by atoms with Crippen molar-refractivity contribution in [1.82, 2.24) is 14.9 Å². The number of hydrogen-bond donors (Lipinski definition) is 1. The van der Waals surface area contributed by atoms with Gasteiger partial charge in [0.05, 0.1) is 11.0 Å². The molecule has 2 bridgehead atoms. The summed E-state index contributed by atoms with van der Waals surface area (Å²) in [5.74, 6) is 2.16. The van der Waals surface area contributed by atoms with E-state index in [9.17, 15) is 0 Å². The first kappa shape index (κ1) is 15.2. The van der Waals surface area contributed by atoms with Gasteiger partial charge in [0.15, 0.2) is 0 Å². The lowest BCUT2D eigenvalue weighted by Gasteiger charge is -2.42. The van der Waals surface area contributed by atoms with Crippen LogP contribution < -0.4 is 0 Å². The molecule has 3 heteroatoms. The van der Waals surface area contributed by atoms with E-state index in [2.05, 4.69) is 72.4 Å². The van der Waals surface area contributed by atoms with E-state index in [4.69, 9.17) is 4.98 Å². The molecule has 4 atom stereocenters. The van der Waals surface area contributed by atoms with Crippen molar-refractivity contribution >= 4 is 11.0 Å². The lowest BCUT2D eigenvalue weighted by atomic mass is 9.75. The number of aromatic amines is 1. The number of piperidine rings is 1. The highest BCUT2D eigenvalue weighted by molar-refractivity contribution is 5.75. The van der Waals surface area contributed by atoms with Crippen molar-refractivity contribution in [2.24, 2.45) is 0 Å². The van der Waals surface area contributed by atoms with E-state index in [0.717, 1.165) is 17.1 Å². The highest BCUT2D eigenvalue weighted by atomic mass is 15.2. The van der Waals surface area contributed by atoms with Gasteiger partial charge in [0, 0.05) is 18.0 Å². The maximum Gasteiger partial charge on any atom is 0.112 e. The lowest BCUT2D eigenvalue weighted by molar-refractivity contribution is 0.134. The number of imidazole rings is 1. The van der Waals surface area contributed by atoms with Gasteiger partial charge in [0.2, 0.25) is 0 Å². The number of likely N-dealkylation sites (N-methyl/N-ethyl adjacent to an activating group) is 1. The molecule has 2 fully saturated rings. The number of rotatable bonds is 2. The number of fused-ring (bicyclic) bond motifs is 3. The summed E-state index contributed by atoms with van der Waals surface area (Å²) in [7, 11) is 2.31. The van der Waals surface area contributed by atoms with E-state index in [-0.39, 0.29) is 0 Å². The second kappa shape index (κ2) is 5.70. The SMILES string of the molecule is Cc1ccc([C@H]2C[C@H]3CCC([C@H]2c2nc4ccccc4[nH]2)N3C)cc1. The van der Waals surface area contributed by atoms with E-state index in [1.165, 1.54) is 36.2 Å². The van der Waals surface area contributed by atoms with Gasteiger partial charge in [-0.3, -0.25) is 4.90 Å². The van der Waals surface area contributed by atoms with Crippen molar-refractivity contribution < 1.29 is 0 Å². The van der Waals surface area contributed by atoms with Crippen molar-refractivity contribution in [1.29, 1.82) is 0 Å². The molecule has 3 aromatic rings. The summed E-state index contributed by atoms with van der Waals surface area (Å²) in [6, 6.07) is 18.9. The standard InChI is InChI=1S/C22H25N3/c1-14-7-9-15(10-8-14)17-13-16-11-12-20(25(16)2)21(17)22-23-18-5-3-4-6-19(18)24-22/h3-10,16-17,20-21H,11-13H2,1-2H3,(H,23,24)/t16-,17-,20?,21+/m1/s1. The Bertz CT molecular complexity index is 862. The number of hydrogen-bond acceptors (Lipinski definition) is 2. The van der Waals surface area contributed by atoms with E-state index >= 15 is 0 Å². The third-order valence-corrected chi connectivity index (χ3v) is 6.50. The Balaban J connectivity index is 1.62. The minimum absolute atomic E-state index is 0.443. The van der Waals surface area contributed by atoms with Crippen molar-refractivity contribution in [3.05, 3.63) is 65.5 Å². The van der Waals surface area contributed by atoms with E-state index in [1.54, 1.807) is 0 Å². The van der Waals surface area contributed by atoms with E-state index in [1.807, 2.05) is 0 Å². The Morgan fingerprint density at radius 1 is 1.04 bits per heavy atom. The molecule has 1 aromatic heterocycles. The van der Waals surface area contributed by atoms with E-state index in [0.29, 0.717) is 17.9 Å². The van der Waals surface area contributed by atoms with Crippen LogP contribution >= 0.6 is 0 Å². The quantitative estimate of drug-likeness (QED) is 0.744. The average Bonchev–Trinajstić information content (AvgIpc) is 3.14. The Hall–Kier alpha value is -2.13. The fraction of sp³-hybridized carbons (Fsp3) is 0.409. The molecule has 0 radical (unpaired) electrons. The molecular formula is C22H25N3. The van der Waals surface area contributed by atoms with Crippen molar-refractivity contribution in [3.63, 3.8) is 0 Å². The third kappa shape index (κ3) is 2.41. The van der Waals surface area contributed by atoms with Gasteiger partial charge in [-0.25, -0.2) is 4.98 Å². The van der Waals surface area contributed by atoms with Crippen LogP contribution in [-0.2, 0) is 0 Å². The number of nitrogens with zero attached hydrogens (tertiary/aromatic N) is 2. The van der Waals surface area contributed by atoms with Crippen molar-refractivity contribution in [3.8, 4) is 0 Å². The number of benzene rings is 2. The summed E-state index contributed by atoms with van der Waals surface area (Å²) < 4.78 is 0. The summed E-state index contributed by atoms with van der Waals surface area (Å²) in [4.78, 5) is 11.3. The number of nitrogens with one attached hydrogen (secondary N) is 1. The number of H-pyrrole nitrogens is 1. The molecule has 5 rings (SSSR count). The van der Waals surface area contributed by atoms with Crippen molar-refractivity contribution in [2.45, 2.75) is 50.1 Å². The summed E-state index contributed by atoms with van der Waals surface area (Å²) in [5, 5.41) is 0. The van der Waals surface area contributed by atoms with Gasteiger partial charge in [-0.05, 0) is 56.8 Å². The predicted molar refractivity (Wildman–Crippen MR) is 102 cm³/mol. The van der Waals surface area contributed by atoms with Crippen LogP contribution in [0, 0.1) is 6.92 Å². The number of para-hydroxylation sites is 2. The molecule has 0 aliphatic carbocycles. The van der Waals surface area contributed by atoms with Crippen LogP contribution in [0.15, 0.2) is 48.5 Å². The molecule has 2 aliphatic heterocycles. The highest BCUT2D eigenvalue weighted by Crippen LogP contribution is 2.50. The molecular weight excluding hydrogens is 306 g/mol. The molecule has 3 heterocycles. The van der Waals surface area contributed by atoms with Gasteiger partial charge in [0.25, 0.3) is 0 Å². The summed E-state index contributed by atoms with van der Waals surface area (Å²) >= 11 is 0. The second-order valence-corrected chi connectivity index (χ2v) is 7.88. The average molecular weight is 331 g/mol. The monoisotopic (exact) mass is 331 g/mol. The van der Waals surface area contributed by atoms with Gasteiger partial charge in [-0.2, -0.15) is 0 Å². The maximum absolute atomic E-state index is 5.00. The smallest absolute Gasteiger partial charge is 0.112 e. The van der Waals surface area contributed by atoms with Gasteiger partial charge >= 0.3 is 0 Å². The van der Waals surface area contributed by atoms with Crippen LogP contribution in [0.4, 0.5) is 0 Å². The highest BCUT2D eigenvalue weighted by Gasteiger charge is 2.47. The zero-order chi connectivity index (χ0) is 17.0. The van der Waals surface area contributed by atoms with Gasteiger partial charge in [-0.1, -0.05) is 42.0 Å². The van der Waals surface area contributed by atoms with Crippen LogP contribution in [-0.4, -0.2) is 34.0 Å². The molecule has 0 amide bonds. The molecule has 3 nitrogen and oxygen atoms in total. The van der Waals surface area contributed by atoms with Crippen LogP contribution in [0.25, 0.3) is 11.0 Å². The molecule has 25 heavy (non-hydrogen) atoms. The number of aromatic nitrogens is 2. The summed E-state index contributed by atoms with van der Waals surface area (Å²) in [5.41, 5.74) is 5.05. The first-order valence-electron chi connectivity index (χ1n) is 9.44. The summed E-state index contributed by atoms with van der Waals surface area (Å²) in [6.07, 6.45) is 3.84. The van der Waals surface area contributed by atoms with Crippen molar-refractivity contribution in [2.75, 3.05) is 7.05 Å². The minimum Gasteiger partial charge on any atom is -0.342 e. The molecule has 1 N–H and O–H groups in total. The van der Waals surface area contributed by atoms with Gasteiger partial charge in [0.1, 0.15) is 5.82 Å². The van der Waals surface area contributed by atoms with Crippen LogP contribution in [0.3, 0.4) is 0 Å². The van der Waals surface area contributed by atoms with E-state index < -0.39 is 0 Å². The minimum atomic E-state index is 0.443. The third-order valence-electron chi connectivity index (χ3n) is 6.50. The Morgan fingerprint density at radius 2 is 1.84 bits per heavy atom. The number of aryl methyl sites for hydroxylation is 1. The largest absolute Gasteiger partial charge is 0.342 e. The normalized spacial score (nSPS) is 29.4. The fourth-order valence-corrected chi connectivity index (χ4v) is 5.13. The zero-order valence-electron chi connectivity index (χ0n) is 14.9. The van der Waals surface area contributed by atoms with Crippen LogP contribution in [0.5, 0.6) is 0 Å². The molecule has 2 saturated heterocycles. The predicted octanol–water partition coefficient (Wildman–Crippen LogP) is 4.61. The molecule has 2 aromatic carbocycles.